The van der Waals surface area contributed by atoms with Gasteiger partial charge in [-0.15, -0.1) is 0 Å². The van der Waals surface area contributed by atoms with Crippen molar-refractivity contribution >= 4 is 5.57 Å². The van der Waals surface area contributed by atoms with Crippen LogP contribution in [0.25, 0.3) is 5.57 Å². The van der Waals surface area contributed by atoms with Gasteiger partial charge in [-0.25, -0.2) is 0 Å². The molecule has 1 aliphatic carbocycles. The molecule has 0 N–H and O–H groups in total. The molecule has 0 nitrogen and oxygen atoms in total. The Morgan fingerprint density at radius 2 is 1.80 bits per heavy atom. The van der Waals surface area contributed by atoms with Crippen LogP contribution in [0.4, 0.5) is 0 Å². The van der Waals surface area contributed by atoms with Crippen LogP contribution < -0.4 is 0 Å². The Hall–Kier alpha value is -1.30. The zero-order valence-corrected chi connectivity index (χ0v) is 13.3. The summed E-state index contributed by atoms with van der Waals surface area (Å²) in [4.78, 5) is 0. The SMILES string of the molecule is C=C1CC=C(c2ccc(CC(CC)CC)cc2)C(C)C1. The fraction of sp³-hybridized carbons (Fsp3) is 0.500. The number of rotatable bonds is 5. The van der Waals surface area contributed by atoms with Gasteiger partial charge in [-0.1, -0.05) is 76.1 Å². The first-order valence-electron chi connectivity index (χ1n) is 8.10. The van der Waals surface area contributed by atoms with Crippen molar-refractivity contribution in [1.29, 1.82) is 0 Å². The molecule has 20 heavy (non-hydrogen) atoms. The average Bonchev–Trinajstić information content (AvgIpc) is 2.46. The molecule has 0 spiro atoms. The number of allylic oxidation sites excluding steroid dienone is 3. The predicted molar refractivity (Wildman–Crippen MR) is 89.7 cm³/mol. The van der Waals surface area contributed by atoms with Gasteiger partial charge in [0, 0.05) is 0 Å². The van der Waals surface area contributed by atoms with Gasteiger partial charge in [0.05, 0.1) is 0 Å². The fourth-order valence-corrected chi connectivity index (χ4v) is 3.23. The third-order valence-corrected chi connectivity index (χ3v) is 4.70. The first-order chi connectivity index (χ1) is 9.63. The lowest BCUT2D eigenvalue weighted by molar-refractivity contribution is 0.490. The van der Waals surface area contributed by atoms with Crippen molar-refractivity contribution in [2.75, 3.05) is 0 Å². The summed E-state index contributed by atoms with van der Waals surface area (Å²) in [6.45, 7) is 11.0. The summed E-state index contributed by atoms with van der Waals surface area (Å²) in [6.07, 6.45) is 8.34. The molecule has 0 heteroatoms. The number of hydrogen-bond acceptors (Lipinski definition) is 0. The highest BCUT2D eigenvalue weighted by Crippen LogP contribution is 2.34. The molecule has 1 aliphatic rings. The zero-order chi connectivity index (χ0) is 14.5. The van der Waals surface area contributed by atoms with E-state index in [9.17, 15) is 0 Å². The number of hydrogen-bond donors (Lipinski definition) is 0. The van der Waals surface area contributed by atoms with Crippen molar-refractivity contribution in [2.45, 2.75) is 52.9 Å². The number of benzene rings is 1. The minimum atomic E-state index is 0.612. The van der Waals surface area contributed by atoms with Crippen molar-refractivity contribution in [3.05, 3.63) is 53.6 Å². The molecule has 0 fully saturated rings. The quantitative estimate of drug-likeness (QED) is 0.571. The van der Waals surface area contributed by atoms with Gasteiger partial charge < -0.3 is 0 Å². The van der Waals surface area contributed by atoms with Crippen molar-refractivity contribution < 1.29 is 0 Å². The normalized spacial score (nSPS) is 19.3. The Bertz CT molecular complexity index is 471. The van der Waals surface area contributed by atoms with Gasteiger partial charge in [0.25, 0.3) is 0 Å². The molecular weight excluding hydrogens is 240 g/mol. The summed E-state index contributed by atoms with van der Waals surface area (Å²) in [5, 5.41) is 0. The molecule has 1 atom stereocenters. The first kappa shape index (κ1) is 15.1. The monoisotopic (exact) mass is 268 g/mol. The van der Waals surface area contributed by atoms with E-state index in [1.54, 1.807) is 0 Å². The van der Waals surface area contributed by atoms with Gasteiger partial charge in [0.1, 0.15) is 0 Å². The van der Waals surface area contributed by atoms with E-state index >= 15 is 0 Å². The third kappa shape index (κ3) is 3.62. The zero-order valence-electron chi connectivity index (χ0n) is 13.3. The highest BCUT2D eigenvalue weighted by Gasteiger charge is 2.16. The smallest absolute Gasteiger partial charge is 0.0135 e. The van der Waals surface area contributed by atoms with Crippen LogP contribution in [0.2, 0.25) is 0 Å². The van der Waals surface area contributed by atoms with Gasteiger partial charge in [0.15, 0.2) is 0 Å². The average molecular weight is 268 g/mol. The third-order valence-electron chi connectivity index (χ3n) is 4.70. The van der Waals surface area contributed by atoms with E-state index in [1.807, 2.05) is 0 Å². The molecule has 0 saturated heterocycles. The molecule has 0 heterocycles. The van der Waals surface area contributed by atoms with Crippen molar-refractivity contribution in [1.82, 2.24) is 0 Å². The largest absolute Gasteiger partial charge is 0.0995 e. The van der Waals surface area contributed by atoms with E-state index in [-0.39, 0.29) is 0 Å². The second-order valence-electron chi connectivity index (χ2n) is 6.30. The van der Waals surface area contributed by atoms with E-state index in [0.29, 0.717) is 5.92 Å². The van der Waals surface area contributed by atoms with Crippen molar-refractivity contribution in [3.8, 4) is 0 Å². The molecular formula is C20H28. The summed E-state index contributed by atoms with van der Waals surface area (Å²) in [5.41, 5.74) is 5.76. The summed E-state index contributed by atoms with van der Waals surface area (Å²) in [5.74, 6) is 1.44. The van der Waals surface area contributed by atoms with Crippen molar-refractivity contribution in [2.24, 2.45) is 11.8 Å². The lowest BCUT2D eigenvalue weighted by Crippen LogP contribution is -2.06. The van der Waals surface area contributed by atoms with Gasteiger partial charge in [-0.2, -0.15) is 0 Å². The van der Waals surface area contributed by atoms with E-state index in [2.05, 4.69) is 57.7 Å². The van der Waals surface area contributed by atoms with E-state index in [1.165, 1.54) is 41.5 Å². The molecule has 0 amide bonds. The maximum Gasteiger partial charge on any atom is -0.0135 e. The maximum absolute atomic E-state index is 4.11. The first-order valence-corrected chi connectivity index (χ1v) is 8.10. The van der Waals surface area contributed by atoms with Crippen molar-refractivity contribution in [3.63, 3.8) is 0 Å². The molecule has 108 valence electrons. The highest BCUT2D eigenvalue weighted by molar-refractivity contribution is 5.69. The minimum absolute atomic E-state index is 0.612. The molecule has 0 radical (unpaired) electrons. The fourth-order valence-electron chi connectivity index (χ4n) is 3.23. The van der Waals surface area contributed by atoms with Crippen LogP contribution in [0.1, 0.15) is 57.6 Å². The second-order valence-corrected chi connectivity index (χ2v) is 6.30. The van der Waals surface area contributed by atoms with Gasteiger partial charge >= 0.3 is 0 Å². The van der Waals surface area contributed by atoms with E-state index in [4.69, 9.17) is 0 Å². The van der Waals surface area contributed by atoms with Gasteiger partial charge in [-0.3, -0.25) is 0 Å². The van der Waals surface area contributed by atoms with Crippen LogP contribution >= 0.6 is 0 Å². The molecule has 2 rings (SSSR count). The molecule has 1 unspecified atom stereocenters. The lowest BCUT2D eigenvalue weighted by atomic mass is 9.82. The minimum Gasteiger partial charge on any atom is -0.0995 e. The summed E-state index contributed by atoms with van der Waals surface area (Å²) in [6, 6.07) is 9.28. The standard InChI is InChI=1S/C20H28/c1-5-17(6-2)14-18-8-10-19(11-9-18)20-12-7-15(3)13-16(20)4/h8-12,16-17H,3,5-7,13-14H2,1-2,4H3. The summed E-state index contributed by atoms with van der Waals surface area (Å²) >= 11 is 0. The predicted octanol–water partition coefficient (Wildman–Crippen LogP) is 6.03. The lowest BCUT2D eigenvalue weighted by Gasteiger charge is -2.23. The maximum atomic E-state index is 4.11. The Kier molecular flexibility index (Phi) is 5.23. The Labute approximate surface area is 124 Å². The van der Waals surface area contributed by atoms with Gasteiger partial charge in [0.2, 0.25) is 0 Å². The van der Waals surface area contributed by atoms with E-state index in [0.717, 1.165) is 18.8 Å². The molecule has 1 aromatic carbocycles. The molecule has 0 aromatic heterocycles. The summed E-state index contributed by atoms with van der Waals surface area (Å²) in [7, 11) is 0. The molecule has 1 aromatic rings. The van der Waals surface area contributed by atoms with Crippen LogP contribution in [0.5, 0.6) is 0 Å². The summed E-state index contributed by atoms with van der Waals surface area (Å²) < 4.78 is 0. The van der Waals surface area contributed by atoms with Crippen LogP contribution in [0, 0.1) is 11.8 Å². The van der Waals surface area contributed by atoms with Crippen LogP contribution in [-0.4, -0.2) is 0 Å². The van der Waals surface area contributed by atoms with E-state index < -0.39 is 0 Å². The van der Waals surface area contributed by atoms with Crippen LogP contribution in [0.15, 0.2) is 42.5 Å². The highest BCUT2D eigenvalue weighted by atomic mass is 14.2. The molecule has 0 saturated carbocycles. The molecule has 0 aliphatic heterocycles. The second kappa shape index (κ2) is 6.92. The van der Waals surface area contributed by atoms with Crippen LogP contribution in [-0.2, 0) is 6.42 Å². The Morgan fingerprint density at radius 1 is 1.15 bits per heavy atom. The van der Waals surface area contributed by atoms with Crippen LogP contribution in [0.3, 0.4) is 0 Å². The Morgan fingerprint density at radius 3 is 2.35 bits per heavy atom. The molecule has 0 bridgehead atoms. The Balaban J connectivity index is 2.10. The van der Waals surface area contributed by atoms with Gasteiger partial charge in [-0.05, 0) is 47.8 Å². The topological polar surface area (TPSA) is 0 Å².